The summed E-state index contributed by atoms with van der Waals surface area (Å²) < 4.78 is 5.23. The molecule has 2 bridgehead atoms. The molecular weight excluding hydrogens is 354 g/mol. The number of allylic oxidation sites excluding steroid dienone is 2. The first-order valence-corrected chi connectivity index (χ1v) is 9.36. The number of carbonyl (C=O) groups is 3. The van der Waals surface area contributed by atoms with E-state index in [0.717, 1.165) is 11.3 Å². The lowest BCUT2D eigenvalue weighted by molar-refractivity contribution is -0.154. The lowest BCUT2D eigenvalue weighted by Gasteiger charge is -2.37. The largest absolute Gasteiger partial charge is 0.459 e. The fraction of sp³-hybridized carbons (Fsp3) is 0.450. The summed E-state index contributed by atoms with van der Waals surface area (Å²) in [6, 6.07) is 7.09. The van der Waals surface area contributed by atoms with Crippen LogP contribution in [0.3, 0.4) is 0 Å². The van der Waals surface area contributed by atoms with Crippen LogP contribution < -0.4 is 0 Å². The van der Waals surface area contributed by atoms with Crippen LogP contribution in [0.5, 0.6) is 0 Å². The maximum Gasteiger partial charge on any atom is 0.326 e. The zero-order valence-electron chi connectivity index (χ0n) is 14.0. The van der Waals surface area contributed by atoms with Crippen molar-refractivity contribution in [1.29, 1.82) is 0 Å². The van der Waals surface area contributed by atoms with Crippen LogP contribution in [-0.2, 0) is 25.7 Å². The number of likely N-dealkylation sites (tertiary alicyclic amines) is 1. The smallest absolute Gasteiger partial charge is 0.326 e. The van der Waals surface area contributed by atoms with Crippen LogP contribution in [0.4, 0.5) is 0 Å². The second-order valence-corrected chi connectivity index (χ2v) is 8.08. The molecule has 0 N–H and O–H groups in total. The van der Waals surface area contributed by atoms with Crippen molar-refractivity contribution in [2.24, 2.45) is 35.5 Å². The molecule has 0 radical (unpaired) electrons. The number of ether oxygens (including phenoxy) is 1. The van der Waals surface area contributed by atoms with Gasteiger partial charge in [0.15, 0.2) is 0 Å². The monoisotopic (exact) mass is 371 g/mol. The Morgan fingerprint density at radius 3 is 2.31 bits per heavy atom. The molecule has 1 heterocycles. The molecule has 0 aromatic heterocycles. The minimum absolute atomic E-state index is 0.0263. The molecule has 26 heavy (non-hydrogen) atoms. The summed E-state index contributed by atoms with van der Waals surface area (Å²) in [6.45, 7) is -0.289. The highest BCUT2D eigenvalue weighted by atomic mass is 35.5. The maximum atomic E-state index is 12.8. The van der Waals surface area contributed by atoms with E-state index in [4.69, 9.17) is 16.3 Å². The molecule has 0 spiro atoms. The van der Waals surface area contributed by atoms with Crippen LogP contribution in [0.15, 0.2) is 36.4 Å². The number of hydrogen-bond acceptors (Lipinski definition) is 4. The molecule has 5 aliphatic rings. The van der Waals surface area contributed by atoms with Gasteiger partial charge in [-0.3, -0.25) is 19.3 Å². The quantitative estimate of drug-likeness (QED) is 0.463. The van der Waals surface area contributed by atoms with E-state index in [1.54, 1.807) is 24.3 Å². The van der Waals surface area contributed by atoms with E-state index in [2.05, 4.69) is 12.2 Å². The number of rotatable bonds is 4. The number of benzene rings is 1. The van der Waals surface area contributed by atoms with E-state index >= 15 is 0 Å². The fourth-order valence-corrected chi connectivity index (χ4v) is 5.31. The molecule has 2 saturated carbocycles. The van der Waals surface area contributed by atoms with Gasteiger partial charge in [-0.1, -0.05) is 42.0 Å². The van der Waals surface area contributed by atoms with Crippen LogP contribution >= 0.6 is 11.6 Å². The molecule has 1 aromatic rings. The number of imide groups is 1. The van der Waals surface area contributed by atoms with Gasteiger partial charge in [0.25, 0.3) is 0 Å². The number of hydrogen-bond donors (Lipinski definition) is 0. The van der Waals surface area contributed by atoms with Gasteiger partial charge in [-0.25, -0.2) is 0 Å². The third kappa shape index (κ3) is 2.26. The number of carbonyl (C=O) groups excluding carboxylic acids is 3. The van der Waals surface area contributed by atoms with Crippen molar-refractivity contribution in [1.82, 2.24) is 4.90 Å². The lowest BCUT2D eigenvalue weighted by Crippen LogP contribution is -2.40. The highest BCUT2D eigenvalue weighted by molar-refractivity contribution is 6.31. The van der Waals surface area contributed by atoms with E-state index in [1.165, 1.54) is 0 Å². The number of esters is 1. The summed E-state index contributed by atoms with van der Waals surface area (Å²) in [5.74, 6) is -0.138. The van der Waals surface area contributed by atoms with Crippen LogP contribution in [-0.4, -0.2) is 29.2 Å². The summed E-state index contributed by atoms with van der Waals surface area (Å²) in [6.07, 6.45) is 5.35. The van der Waals surface area contributed by atoms with Crippen molar-refractivity contribution in [3.05, 3.63) is 47.0 Å². The summed E-state index contributed by atoms with van der Waals surface area (Å²) in [5, 5.41) is 0.515. The molecule has 5 nitrogen and oxygen atoms in total. The first-order chi connectivity index (χ1) is 12.6. The molecule has 4 aliphatic carbocycles. The molecule has 6 heteroatoms. The van der Waals surface area contributed by atoms with E-state index < -0.39 is 5.97 Å². The zero-order valence-corrected chi connectivity index (χ0v) is 14.8. The van der Waals surface area contributed by atoms with Gasteiger partial charge in [-0.05, 0) is 36.2 Å². The Hall–Kier alpha value is -2.14. The van der Waals surface area contributed by atoms with Crippen LogP contribution in [0.2, 0.25) is 5.02 Å². The van der Waals surface area contributed by atoms with Gasteiger partial charge < -0.3 is 4.74 Å². The molecule has 6 atom stereocenters. The second-order valence-electron chi connectivity index (χ2n) is 7.67. The predicted molar refractivity (Wildman–Crippen MR) is 92.7 cm³/mol. The van der Waals surface area contributed by atoms with Gasteiger partial charge in [0.1, 0.15) is 13.2 Å². The predicted octanol–water partition coefficient (Wildman–Crippen LogP) is 2.44. The standard InChI is InChI=1S/C20H18ClNO4/c21-15-4-2-1-3-10(15)9-26-16(23)8-22-19(24)17-11-5-6-12(14-7-13(11)14)18(17)20(22)25/h1-6,11-14,17-18H,7-9H2/t11-,12-,13-,14+,17+,18-/m1/s1. The highest BCUT2D eigenvalue weighted by Gasteiger charge is 2.67. The van der Waals surface area contributed by atoms with Gasteiger partial charge in [0.2, 0.25) is 11.8 Å². The Labute approximate surface area is 155 Å². The molecule has 6 rings (SSSR count). The van der Waals surface area contributed by atoms with Crippen molar-refractivity contribution in [2.45, 2.75) is 13.0 Å². The van der Waals surface area contributed by atoms with Crippen LogP contribution in [0, 0.1) is 35.5 Å². The second kappa shape index (κ2) is 5.68. The van der Waals surface area contributed by atoms with Crippen molar-refractivity contribution in [3.8, 4) is 0 Å². The molecular formula is C20H18ClNO4. The molecule has 2 amide bonds. The number of amides is 2. The number of halogens is 1. The van der Waals surface area contributed by atoms with Crippen LogP contribution in [0.25, 0.3) is 0 Å². The summed E-state index contributed by atoms with van der Waals surface area (Å²) >= 11 is 6.05. The Morgan fingerprint density at radius 2 is 1.69 bits per heavy atom. The molecule has 0 unspecified atom stereocenters. The zero-order chi connectivity index (χ0) is 18.0. The SMILES string of the molecule is O=C(CN1C(=O)[C@@H]2[C@@H]3C=C[C@H]([C@H]4C[C@@H]34)[C@@H]2C1=O)OCc1ccccc1Cl. The van der Waals surface area contributed by atoms with Crippen LogP contribution in [0.1, 0.15) is 12.0 Å². The molecule has 1 aromatic carbocycles. The topological polar surface area (TPSA) is 63.7 Å². The van der Waals surface area contributed by atoms with Crippen molar-refractivity contribution < 1.29 is 19.1 Å². The first kappa shape index (κ1) is 16.1. The summed E-state index contributed by atoms with van der Waals surface area (Å²) in [7, 11) is 0. The third-order valence-corrected chi connectivity index (χ3v) is 6.76. The molecule has 3 fully saturated rings. The minimum atomic E-state index is -0.587. The van der Waals surface area contributed by atoms with E-state index in [1.807, 2.05) is 0 Å². The Kier molecular flexibility index (Phi) is 3.51. The maximum absolute atomic E-state index is 12.8. The fourth-order valence-electron chi connectivity index (χ4n) is 5.12. The Morgan fingerprint density at radius 1 is 1.08 bits per heavy atom. The van der Waals surface area contributed by atoms with E-state index in [-0.39, 0.29) is 48.6 Å². The Balaban J connectivity index is 1.27. The molecule has 134 valence electrons. The average Bonchev–Trinajstić information content (AvgIpc) is 3.42. The van der Waals surface area contributed by atoms with E-state index in [0.29, 0.717) is 22.4 Å². The molecule has 1 saturated heterocycles. The third-order valence-electron chi connectivity index (χ3n) is 6.39. The first-order valence-electron chi connectivity index (χ1n) is 8.99. The highest BCUT2D eigenvalue weighted by Crippen LogP contribution is 2.65. The summed E-state index contributed by atoms with van der Waals surface area (Å²) in [5.41, 5.74) is 0.692. The van der Waals surface area contributed by atoms with Gasteiger partial charge in [0, 0.05) is 10.6 Å². The number of nitrogens with zero attached hydrogens (tertiary/aromatic N) is 1. The average molecular weight is 372 g/mol. The summed E-state index contributed by atoms with van der Waals surface area (Å²) in [4.78, 5) is 38.9. The lowest BCUT2D eigenvalue weighted by atomic mass is 9.63. The van der Waals surface area contributed by atoms with Crippen molar-refractivity contribution in [3.63, 3.8) is 0 Å². The van der Waals surface area contributed by atoms with Crippen molar-refractivity contribution in [2.75, 3.05) is 6.54 Å². The van der Waals surface area contributed by atoms with Gasteiger partial charge in [-0.15, -0.1) is 0 Å². The van der Waals surface area contributed by atoms with Gasteiger partial charge in [0.05, 0.1) is 11.8 Å². The van der Waals surface area contributed by atoms with Gasteiger partial charge >= 0.3 is 5.97 Å². The van der Waals surface area contributed by atoms with Crippen molar-refractivity contribution >= 4 is 29.4 Å². The Bertz CT molecular complexity index is 814. The minimum Gasteiger partial charge on any atom is -0.459 e. The normalized spacial score (nSPS) is 36.1. The molecule has 1 aliphatic heterocycles. The van der Waals surface area contributed by atoms with E-state index in [9.17, 15) is 14.4 Å². The van der Waals surface area contributed by atoms with Gasteiger partial charge in [-0.2, -0.15) is 0 Å².